The van der Waals surface area contributed by atoms with Gasteiger partial charge in [-0.25, -0.2) is 0 Å². The first-order chi connectivity index (χ1) is 20.5. The maximum atomic E-state index is 12.7. The third kappa shape index (κ3) is 12.2. The number of hydrogen-bond acceptors (Lipinski definition) is 7. The Balaban J connectivity index is 0.000000694. The predicted octanol–water partition coefficient (Wildman–Crippen LogP) is 6.27. The van der Waals surface area contributed by atoms with Crippen LogP contribution in [-0.2, 0) is 20.9 Å². The van der Waals surface area contributed by atoms with Crippen molar-refractivity contribution in [2.75, 3.05) is 0 Å². The van der Waals surface area contributed by atoms with Gasteiger partial charge < -0.3 is 25.8 Å². The lowest BCUT2D eigenvalue weighted by Crippen LogP contribution is -2.34. The molecular weight excluding hydrogens is 546 g/mol. The number of esters is 1. The molecule has 1 aromatic heterocycles. The summed E-state index contributed by atoms with van der Waals surface area (Å²) in [7, 11) is 0. The number of nitrogens with one attached hydrogen (secondary N) is 1. The van der Waals surface area contributed by atoms with Gasteiger partial charge in [-0.3, -0.25) is 14.6 Å². The first kappa shape index (κ1) is 36.1. The van der Waals surface area contributed by atoms with Crippen LogP contribution in [0.2, 0.25) is 0 Å². The Kier molecular flexibility index (Phi) is 15.6. The molecule has 0 saturated heterocycles. The third-order valence-corrected chi connectivity index (χ3v) is 8.73. The Labute approximate surface area is 256 Å². The maximum absolute atomic E-state index is 12.7. The number of carboxylic acids is 1. The number of nitriles is 1. The number of allylic oxidation sites excluding steroid dienone is 2. The quantitative estimate of drug-likeness (QED) is 0.344. The van der Waals surface area contributed by atoms with Crippen molar-refractivity contribution in [2.45, 2.75) is 104 Å². The van der Waals surface area contributed by atoms with Crippen LogP contribution < -0.4 is 0 Å². The van der Waals surface area contributed by atoms with E-state index in [-0.39, 0.29) is 29.7 Å². The van der Waals surface area contributed by atoms with E-state index in [1.165, 1.54) is 0 Å². The van der Waals surface area contributed by atoms with E-state index < -0.39 is 36.2 Å². The molecule has 3 rings (SSSR count). The van der Waals surface area contributed by atoms with Crippen LogP contribution in [0.15, 0.2) is 48.3 Å². The van der Waals surface area contributed by atoms with Crippen molar-refractivity contribution in [3.05, 3.63) is 59.6 Å². The number of aromatic nitrogens is 1. The summed E-state index contributed by atoms with van der Waals surface area (Å²) >= 11 is 0. The zero-order valence-corrected chi connectivity index (χ0v) is 26.1. The molecule has 4 N–H and O–H groups in total. The molecule has 2 heterocycles. The number of hydrogen-bond donors (Lipinski definition) is 3. The van der Waals surface area contributed by atoms with Gasteiger partial charge in [-0.15, -0.1) is 6.54 Å². The molecule has 9 heteroatoms. The van der Waals surface area contributed by atoms with Gasteiger partial charge in [0.05, 0.1) is 36.2 Å². The molecule has 1 fully saturated rings. The number of aliphatic carboxylic acids is 1. The number of carbonyl (C=O) groups excluding carboxylic acids is 1. The molecule has 1 aliphatic carbocycles. The molecule has 0 bridgehead atoms. The summed E-state index contributed by atoms with van der Waals surface area (Å²) < 4.78 is 5.77. The summed E-state index contributed by atoms with van der Waals surface area (Å²) in [6.07, 6.45) is 10.7. The standard InChI is InChI=1S/C28H43NO6.C6H7N2/c1-17-12-18(2)14-20(4)27(32)21(16-29)8-5-6-11-25(22-9-7-10-23(22)28(33)34)35-26(31)15-24(30)19(3)13-17;7-4-6-2-1-3-8-5-6/h5-6,8,17-20,22-25,27,30,32H,7,9-15H2,1-4H3,(H,33,34);1-3,5,7H,4H2/q;-1/b6-5+,21-8-;/t17-,18+,19-,20-,22+,23+,24-,25-,27+;/m0./s1. The lowest BCUT2D eigenvalue weighted by Gasteiger charge is -2.28. The number of aliphatic hydroxyl groups excluding tert-OH is 2. The van der Waals surface area contributed by atoms with E-state index in [1.807, 2.05) is 26.0 Å². The Hall–Kier alpha value is -3.06. The Bertz CT molecular complexity index is 1100. The molecule has 1 aromatic rings. The second-order valence-corrected chi connectivity index (χ2v) is 12.6. The monoisotopic (exact) mass is 596 g/mol. The number of carboxylic acid groups (broad SMARTS) is 1. The van der Waals surface area contributed by atoms with Gasteiger partial charge >= 0.3 is 11.9 Å². The molecule has 0 spiro atoms. The van der Waals surface area contributed by atoms with Crippen LogP contribution in [0.25, 0.3) is 5.73 Å². The zero-order chi connectivity index (χ0) is 31.9. The first-order valence-corrected chi connectivity index (χ1v) is 15.5. The lowest BCUT2D eigenvalue weighted by molar-refractivity contribution is -0.159. The summed E-state index contributed by atoms with van der Waals surface area (Å²) in [6.45, 7) is 8.48. The van der Waals surface area contributed by atoms with Crippen molar-refractivity contribution < 1.29 is 29.6 Å². The number of aliphatic hydroxyl groups is 2. The SMILES string of the molecule is C[C@@H]1C[C@H](C)C[C@H](C)[C@@H](O)CC(=O)O[C@H]([C@@H]2CCC[C@H]2C(=O)O)C/C=C/C=C(/C#N)[C@H](O)[C@@H](C)C1.[NH-]Cc1cccnc1. The number of rotatable bonds is 3. The predicted molar refractivity (Wildman–Crippen MR) is 165 cm³/mol. The molecule has 1 saturated carbocycles. The summed E-state index contributed by atoms with van der Waals surface area (Å²) in [4.78, 5) is 28.3. The van der Waals surface area contributed by atoms with Crippen LogP contribution >= 0.6 is 0 Å². The molecule has 0 unspecified atom stereocenters. The summed E-state index contributed by atoms with van der Waals surface area (Å²) in [5.74, 6) is -1.77. The van der Waals surface area contributed by atoms with E-state index in [0.29, 0.717) is 37.6 Å². The second-order valence-electron chi connectivity index (χ2n) is 12.6. The topological polar surface area (TPSA) is 165 Å². The number of nitrogens with zero attached hydrogens (tertiary/aromatic N) is 2. The minimum atomic E-state index is -0.882. The van der Waals surface area contributed by atoms with Crippen molar-refractivity contribution in [2.24, 2.45) is 35.5 Å². The Morgan fingerprint density at radius 2 is 1.81 bits per heavy atom. The van der Waals surface area contributed by atoms with Crippen molar-refractivity contribution in [1.29, 1.82) is 5.26 Å². The van der Waals surface area contributed by atoms with Crippen molar-refractivity contribution in [1.82, 2.24) is 4.98 Å². The minimum Gasteiger partial charge on any atom is -0.674 e. The van der Waals surface area contributed by atoms with E-state index in [1.54, 1.807) is 30.6 Å². The molecule has 43 heavy (non-hydrogen) atoms. The van der Waals surface area contributed by atoms with Crippen molar-refractivity contribution in [3.63, 3.8) is 0 Å². The highest BCUT2D eigenvalue weighted by Gasteiger charge is 2.39. The highest BCUT2D eigenvalue weighted by Crippen LogP contribution is 2.37. The van der Waals surface area contributed by atoms with E-state index in [0.717, 1.165) is 31.2 Å². The minimum absolute atomic E-state index is 0.0816. The fourth-order valence-electron chi connectivity index (χ4n) is 6.47. The number of cyclic esters (lactones) is 1. The van der Waals surface area contributed by atoms with Gasteiger partial charge in [0, 0.05) is 24.7 Å². The molecule has 9 nitrogen and oxygen atoms in total. The largest absolute Gasteiger partial charge is 0.674 e. The fourth-order valence-corrected chi connectivity index (χ4v) is 6.47. The zero-order valence-electron chi connectivity index (χ0n) is 26.1. The normalized spacial score (nSPS) is 35.0. The van der Waals surface area contributed by atoms with Gasteiger partial charge in [0.1, 0.15) is 6.10 Å². The van der Waals surface area contributed by atoms with Crippen molar-refractivity contribution >= 4 is 11.9 Å². The average Bonchev–Trinajstić information content (AvgIpc) is 3.47. The summed E-state index contributed by atoms with van der Waals surface area (Å²) in [5.41, 5.74) is 8.15. The smallest absolute Gasteiger partial charge is 0.308 e. The molecule has 9 atom stereocenters. The van der Waals surface area contributed by atoms with Gasteiger partial charge in [-0.05, 0) is 67.9 Å². The van der Waals surface area contributed by atoms with Gasteiger partial charge in [-0.1, -0.05) is 57.9 Å². The molecule has 2 aliphatic rings. The third-order valence-electron chi connectivity index (χ3n) is 8.73. The van der Waals surface area contributed by atoms with Crippen LogP contribution in [-0.4, -0.2) is 50.6 Å². The Morgan fingerprint density at radius 1 is 1.12 bits per heavy atom. The molecule has 0 amide bonds. The van der Waals surface area contributed by atoms with Gasteiger partial charge in [-0.2, -0.15) is 5.26 Å². The van der Waals surface area contributed by atoms with Gasteiger partial charge in [0.15, 0.2) is 0 Å². The summed E-state index contributed by atoms with van der Waals surface area (Å²) in [6, 6.07) is 5.83. The molecule has 1 aliphatic heterocycles. The van der Waals surface area contributed by atoms with E-state index in [9.17, 15) is 30.2 Å². The van der Waals surface area contributed by atoms with Crippen LogP contribution in [0.4, 0.5) is 0 Å². The molecule has 0 radical (unpaired) electrons. The molecular formula is C34H50N3O6-. The van der Waals surface area contributed by atoms with Crippen LogP contribution in [0.5, 0.6) is 0 Å². The molecule has 0 aromatic carbocycles. The Morgan fingerprint density at radius 3 is 2.40 bits per heavy atom. The second kappa shape index (κ2) is 18.6. The van der Waals surface area contributed by atoms with Crippen molar-refractivity contribution in [3.8, 4) is 6.07 Å². The lowest BCUT2D eigenvalue weighted by atomic mass is 9.82. The van der Waals surface area contributed by atoms with Gasteiger partial charge in [0.2, 0.25) is 0 Å². The number of pyridine rings is 1. The number of carbonyl (C=O) groups is 2. The van der Waals surface area contributed by atoms with Gasteiger partial charge in [0.25, 0.3) is 0 Å². The van der Waals surface area contributed by atoms with Crippen LogP contribution in [0.3, 0.4) is 0 Å². The molecule has 238 valence electrons. The van der Waals surface area contributed by atoms with Crippen LogP contribution in [0.1, 0.15) is 84.6 Å². The number of ether oxygens (including phenoxy) is 1. The van der Waals surface area contributed by atoms with Crippen LogP contribution in [0, 0.1) is 46.8 Å². The summed E-state index contributed by atoms with van der Waals surface area (Å²) in [5, 5.41) is 40.6. The average molecular weight is 597 g/mol. The van der Waals surface area contributed by atoms with E-state index in [4.69, 9.17) is 10.5 Å². The highest BCUT2D eigenvalue weighted by atomic mass is 16.5. The maximum Gasteiger partial charge on any atom is 0.308 e. The highest BCUT2D eigenvalue weighted by molar-refractivity contribution is 5.72. The fraction of sp³-hybridized carbons (Fsp3) is 0.647. The first-order valence-electron chi connectivity index (χ1n) is 15.5. The van der Waals surface area contributed by atoms with E-state index >= 15 is 0 Å². The van der Waals surface area contributed by atoms with E-state index in [2.05, 4.69) is 24.9 Å².